The standard InChI is InChI=1S/C2H7NO2Se/c3-1-2-6(4)5/h1-3H2,(H,4,5)/p+1. The summed E-state index contributed by atoms with van der Waals surface area (Å²) >= 11 is -2.38. The van der Waals surface area contributed by atoms with E-state index in [1.807, 2.05) is 0 Å². The molecule has 4 N–H and O–H groups in total. The van der Waals surface area contributed by atoms with E-state index in [1.54, 1.807) is 0 Å². The first-order valence-electron chi connectivity index (χ1n) is 1.64. The Morgan fingerprint density at radius 1 is 1.83 bits per heavy atom. The van der Waals surface area contributed by atoms with E-state index in [9.17, 15) is 3.83 Å². The Labute approximate surface area is 40.6 Å². The van der Waals surface area contributed by atoms with Crippen molar-refractivity contribution in [1.82, 2.24) is 0 Å². The summed E-state index contributed by atoms with van der Waals surface area (Å²) in [5.74, 6) is 0. The normalized spacial score (nSPS) is 14.3. The summed E-state index contributed by atoms with van der Waals surface area (Å²) in [6.45, 7) is 0.574. The Kier molecular flexibility index (Phi) is 3.57. The average Bonchev–Trinajstić information content (AvgIpc) is 1.35. The molecule has 0 aliphatic heterocycles. The van der Waals surface area contributed by atoms with Gasteiger partial charge in [-0.05, 0) is 0 Å². The van der Waals surface area contributed by atoms with Crippen molar-refractivity contribution in [2.45, 2.75) is 5.32 Å². The van der Waals surface area contributed by atoms with Gasteiger partial charge in [-0.3, -0.25) is 0 Å². The van der Waals surface area contributed by atoms with Crippen LogP contribution in [-0.4, -0.2) is 24.9 Å². The van der Waals surface area contributed by atoms with Gasteiger partial charge in [0.2, 0.25) is 0 Å². The van der Waals surface area contributed by atoms with Crippen LogP contribution in [-0.2, 0) is 3.83 Å². The summed E-state index contributed by atoms with van der Waals surface area (Å²) in [6.07, 6.45) is 0. The molecule has 0 amide bonds. The number of hydrogen-bond acceptors (Lipinski definition) is 1. The Morgan fingerprint density at radius 2 is 2.33 bits per heavy atom. The van der Waals surface area contributed by atoms with Crippen LogP contribution in [0.2, 0.25) is 5.32 Å². The molecule has 1 unspecified atom stereocenters. The van der Waals surface area contributed by atoms with Crippen molar-refractivity contribution in [3.8, 4) is 0 Å². The molecule has 0 radical (unpaired) electrons. The molecule has 0 aliphatic carbocycles. The molecule has 0 aliphatic rings. The molecule has 0 aromatic carbocycles. The molecular formula is C2H8NO2Se+. The number of quaternary nitrogens is 1. The van der Waals surface area contributed by atoms with Crippen LogP contribution >= 0.6 is 0 Å². The molecule has 0 aromatic heterocycles. The van der Waals surface area contributed by atoms with E-state index < -0.39 is 14.2 Å². The van der Waals surface area contributed by atoms with Gasteiger partial charge in [0.1, 0.15) is 0 Å². The van der Waals surface area contributed by atoms with Crippen molar-refractivity contribution in [2.24, 2.45) is 0 Å². The molecule has 1 atom stereocenters. The third-order valence-corrected chi connectivity index (χ3v) is 1.66. The van der Waals surface area contributed by atoms with Crippen LogP contribution in [0.4, 0.5) is 0 Å². The van der Waals surface area contributed by atoms with Crippen molar-refractivity contribution in [1.29, 1.82) is 0 Å². The van der Waals surface area contributed by atoms with Gasteiger partial charge in [-0.2, -0.15) is 0 Å². The van der Waals surface area contributed by atoms with E-state index in [2.05, 4.69) is 5.73 Å². The first-order valence-corrected chi connectivity index (χ1v) is 4.31. The molecule has 0 saturated carbocycles. The summed E-state index contributed by atoms with van der Waals surface area (Å²) in [7, 11) is 0. The first-order chi connectivity index (χ1) is 2.77. The average molecular weight is 157 g/mol. The fraction of sp³-hybridized carbons (Fsp3) is 1.00. The van der Waals surface area contributed by atoms with E-state index in [4.69, 9.17) is 4.19 Å². The molecule has 0 rings (SSSR count). The van der Waals surface area contributed by atoms with Gasteiger partial charge in [-0.1, -0.05) is 0 Å². The second-order valence-electron chi connectivity index (χ2n) is 0.879. The predicted octanol–water partition coefficient (Wildman–Crippen LogP) is -1.86. The van der Waals surface area contributed by atoms with Crippen molar-refractivity contribution >= 4 is 14.2 Å². The second-order valence-corrected chi connectivity index (χ2v) is 3.08. The quantitative estimate of drug-likeness (QED) is 0.461. The maximum atomic E-state index is 9.77. The van der Waals surface area contributed by atoms with Crippen LogP contribution in [0.5, 0.6) is 0 Å². The zero-order chi connectivity index (χ0) is 4.99. The summed E-state index contributed by atoms with van der Waals surface area (Å²) in [6, 6.07) is 0. The molecule has 0 bridgehead atoms. The molecule has 0 heterocycles. The molecule has 3 nitrogen and oxygen atoms in total. The summed E-state index contributed by atoms with van der Waals surface area (Å²) in [5, 5.41) is 0.389. The Hall–Kier alpha value is 0.239. The van der Waals surface area contributed by atoms with Crippen molar-refractivity contribution in [2.75, 3.05) is 6.54 Å². The van der Waals surface area contributed by atoms with Crippen molar-refractivity contribution < 1.29 is 13.8 Å². The topological polar surface area (TPSA) is 64.9 Å². The van der Waals surface area contributed by atoms with E-state index in [0.717, 1.165) is 0 Å². The van der Waals surface area contributed by atoms with Gasteiger partial charge in [-0.15, -0.1) is 0 Å². The minimum absolute atomic E-state index is 0.389. The second kappa shape index (κ2) is 3.43. The fourth-order valence-electron chi connectivity index (χ4n) is 0.123. The SMILES string of the molecule is [NH3+]CC[Se](=O)O. The predicted molar refractivity (Wildman–Crippen MR) is 21.2 cm³/mol. The van der Waals surface area contributed by atoms with Gasteiger partial charge < -0.3 is 0 Å². The third kappa shape index (κ3) is 4.24. The zero-order valence-corrected chi connectivity index (χ0v) is 5.10. The van der Waals surface area contributed by atoms with Gasteiger partial charge in [0.25, 0.3) is 0 Å². The molecule has 4 heteroatoms. The Balaban J connectivity index is 2.83. The maximum absolute atomic E-state index is 9.77. The zero-order valence-electron chi connectivity index (χ0n) is 3.39. The fourth-order valence-corrected chi connectivity index (χ4v) is 0.642. The minimum atomic E-state index is -2.38. The van der Waals surface area contributed by atoms with Gasteiger partial charge in [-0.25, -0.2) is 0 Å². The van der Waals surface area contributed by atoms with Crippen molar-refractivity contribution in [3.63, 3.8) is 0 Å². The van der Waals surface area contributed by atoms with Gasteiger partial charge in [0.05, 0.1) is 0 Å². The molecule has 0 saturated heterocycles. The summed E-state index contributed by atoms with van der Waals surface area (Å²) < 4.78 is 17.8. The van der Waals surface area contributed by atoms with E-state index in [0.29, 0.717) is 11.9 Å². The summed E-state index contributed by atoms with van der Waals surface area (Å²) in [4.78, 5) is 0. The van der Waals surface area contributed by atoms with E-state index >= 15 is 0 Å². The van der Waals surface area contributed by atoms with Crippen LogP contribution < -0.4 is 5.73 Å². The molecular weight excluding hydrogens is 149 g/mol. The Bertz CT molecular complexity index is 55.5. The summed E-state index contributed by atoms with van der Waals surface area (Å²) in [5.41, 5.74) is 3.40. The van der Waals surface area contributed by atoms with Crippen LogP contribution in [0.15, 0.2) is 0 Å². The van der Waals surface area contributed by atoms with Crippen LogP contribution in [0.1, 0.15) is 0 Å². The number of hydrogen-bond donors (Lipinski definition) is 2. The van der Waals surface area contributed by atoms with E-state index in [-0.39, 0.29) is 0 Å². The molecule has 6 heavy (non-hydrogen) atoms. The molecule has 0 fully saturated rings. The molecule has 38 valence electrons. The van der Waals surface area contributed by atoms with Crippen LogP contribution in [0, 0.1) is 0 Å². The first kappa shape index (κ1) is 6.24. The van der Waals surface area contributed by atoms with Gasteiger partial charge in [0, 0.05) is 0 Å². The van der Waals surface area contributed by atoms with Crippen LogP contribution in [0.3, 0.4) is 0 Å². The Morgan fingerprint density at radius 3 is 2.33 bits per heavy atom. The van der Waals surface area contributed by atoms with Crippen molar-refractivity contribution in [3.05, 3.63) is 0 Å². The number of rotatable bonds is 2. The van der Waals surface area contributed by atoms with Gasteiger partial charge >= 0.3 is 39.8 Å². The molecule has 0 aromatic rings. The van der Waals surface area contributed by atoms with E-state index in [1.165, 1.54) is 0 Å². The monoisotopic (exact) mass is 158 g/mol. The third-order valence-electron chi connectivity index (χ3n) is 0.319. The molecule has 0 spiro atoms. The van der Waals surface area contributed by atoms with Gasteiger partial charge in [0.15, 0.2) is 0 Å². The van der Waals surface area contributed by atoms with Crippen LogP contribution in [0.25, 0.3) is 0 Å².